The summed E-state index contributed by atoms with van der Waals surface area (Å²) in [5.74, 6) is 0. The fraction of sp³-hybridized carbons (Fsp3) is 0.0909. The Labute approximate surface area is 137 Å². The minimum atomic E-state index is 1.01. The van der Waals surface area contributed by atoms with E-state index in [-0.39, 0.29) is 0 Å². The van der Waals surface area contributed by atoms with Gasteiger partial charge in [-0.05, 0) is 63.9 Å². The Bertz CT molecular complexity index is 1010. The number of rotatable bonds is 3. The van der Waals surface area contributed by atoms with Gasteiger partial charge in [-0.15, -0.1) is 0 Å². The lowest BCUT2D eigenvalue weighted by Gasteiger charge is -2.15. The predicted octanol–water partition coefficient (Wildman–Crippen LogP) is 4.66. The van der Waals surface area contributed by atoms with Gasteiger partial charge in [-0.3, -0.25) is 0 Å². The molecule has 0 saturated heterocycles. The molecule has 1 nitrogen and oxygen atoms in total. The van der Waals surface area contributed by atoms with Crippen molar-refractivity contribution in [1.29, 1.82) is 0 Å². The Morgan fingerprint density at radius 1 is 0.913 bits per heavy atom. The van der Waals surface area contributed by atoms with Crippen LogP contribution in [0.25, 0.3) is 30.0 Å². The molecule has 0 aliphatic heterocycles. The number of hydrogen-bond acceptors (Lipinski definition) is 1. The number of benzene rings is 3. The van der Waals surface area contributed by atoms with E-state index in [2.05, 4.69) is 69.2 Å². The van der Waals surface area contributed by atoms with Crippen molar-refractivity contribution in [2.24, 2.45) is 0 Å². The second-order valence-corrected chi connectivity index (χ2v) is 5.90. The van der Waals surface area contributed by atoms with Crippen LogP contribution in [0.4, 0.5) is 11.4 Å². The summed E-state index contributed by atoms with van der Waals surface area (Å²) in [6.45, 7) is 16.6. The van der Waals surface area contributed by atoms with Crippen LogP contribution in [-0.2, 0) is 0 Å². The molecule has 3 aromatic carbocycles. The van der Waals surface area contributed by atoms with Gasteiger partial charge in [0.2, 0.25) is 0 Å². The normalized spacial score (nSPS) is 10.7. The van der Waals surface area contributed by atoms with Crippen molar-refractivity contribution in [3.05, 3.63) is 76.2 Å². The third-order valence-corrected chi connectivity index (χ3v) is 4.47. The summed E-state index contributed by atoms with van der Waals surface area (Å²) in [5, 5.41) is 7.90. The number of hydrogen-bond donors (Lipinski definition) is 1. The van der Waals surface area contributed by atoms with Gasteiger partial charge in [-0.25, -0.2) is 0 Å². The molecule has 0 saturated carbocycles. The van der Waals surface area contributed by atoms with Gasteiger partial charge < -0.3 is 5.32 Å². The van der Waals surface area contributed by atoms with Crippen LogP contribution in [0.2, 0.25) is 0 Å². The highest BCUT2D eigenvalue weighted by Crippen LogP contribution is 2.21. The smallest absolute Gasteiger partial charge is 0.0493 e. The van der Waals surface area contributed by atoms with Gasteiger partial charge in [0.15, 0.2) is 0 Å². The lowest BCUT2D eigenvalue weighted by Crippen LogP contribution is -2.19. The zero-order valence-electron chi connectivity index (χ0n) is 13.7. The molecule has 0 amide bonds. The van der Waals surface area contributed by atoms with Crippen LogP contribution < -0.4 is 15.8 Å². The van der Waals surface area contributed by atoms with Crippen molar-refractivity contribution < 1.29 is 0 Å². The van der Waals surface area contributed by atoms with Crippen molar-refractivity contribution in [2.75, 3.05) is 5.32 Å². The third-order valence-electron chi connectivity index (χ3n) is 4.47. The van der Waals surface area contributed by atoms with Crippen LogP contribution in [0.15, 0.2) is 49.0 Å². The first-order chi connectivity index (χ1) is 11.0. The van der Waals surface area contributed by atoms with Crippen molar-refractivity contribution in [1.82, 2.24) is 0 Å². The van der Waals surface area contributed by atoms with E-state index >= 15 is 0 Å². The zero-order valence-corrected chi connectivity index (χ0v) is 13.7. The van der Waals surface area contributed by atoms with Crippen LogP contribution in [0.1, 0.15) is 16.7 Å². The molecule has 0 aliphatic rings. The molecule has 23 heavy (non-hydrogen) atoms. The molecule has 0 fully saturated rings. The van der Waals surface area contributed by atoms with Gasteiger partial charge >= 0.3 is 0 Å². The first kappa shape index (κ1) is 15.1. The third kappa shape index (κ3) is 2.55. The number of anilines is 2. The molecule has 114 valence electrons. The minimum Gasteiger partial charge on any atom is -0.355 e. The molecule has 1 heteroatoms. The average Bonchev–Trinajstić information content (AvgIpc) is 2.57. The summed E-state index contributed by atoms with van der Waals surface area (Å²) in [6, 6.07) is 14.6. The molecule has 0 radical (unpaired) electrons. The Morgan fingerprint density at radius 2 is 1.57 bits per heavy atom. The van der Waals surface area contributed by atoms with Gasteiger partial charge in [0.1, 0.15) is 0 Å². The number of nitrogens with one attached hydrogen (secondary N) is 1. The Kier molecular flexibility index (Phi) is 3.79. The fourth-order valence-corrected chi connectivity index (χ4v) is 3.02. The van der Waals surface area contributed by atoms with Crippen LogP contribution >= 0.6 is 0 Å². The largest absolute Gasteiger partial charge is 0.355 e. The van der Waals surface area contributed by atoms with Crippen molar-refractivity contribution in [2.45, 2.75) is 13.8 Å². The number of aryl methyl sites for hydroxylation is 1. The summed E-state index contributed by atoms with van der Waals surface area (Å²) in [7, 11) is 0. The quantitative estimate of drug-likeness (QED) is 0.741. The Morgan fingerprint density at radius 3 is 2.17 bits per heavy atom. The van der Waals surface area contributed by atoms with E-state index in [0.717, 1.165) is 38.3 Å². The SMILES string of the molecule is C=Cc1ccc(Nc2c(C)c(=C)c3ccccc3c2=C)cc1C. The number of fused-ring (bicyclic) bond motifs is 1. The van der Waals surface area contributed by atoms with E-state index in [1.165, 1.54) is 10.9 Å². The molecule has 3 rings (SSSR count). The van der Waals surface area contributed by atoms with Gasteiger partial charge in [-0.2, -0.15) is 0 Å². The summed E-state index contributed by atoms with van der Waals surface area (Å²) in [4.78, 5) is 0. The monoisotopic (exact) mass is 299 g/mol. The summed E-state index contributed by atoms with van der Waals surface area (Å²) < 4.78 is 0. The van der Waals surface area contributed by atoms with Crippen LogP contribution in [0.5, 0.6) is 0 Å². The van der Waals surface area contributed by atoms with Crippen molar-refractivity contribution >= 4 is 41.4 Å². The average molecular weight is 299 g/mol. The molecule has 1 N–H and O–H groups in total. The lowest BCUT2D eigenvalue weighted by atomic mass is 10.00. The van der Waals surface area contributed by atoms with Gasteiger partial charge in [0.05, 0.1) is 0 Å². The lowest BCUT2D eigenvalue weighted by molar-refractivity contribution is 1.38. The second-order valence-electron chi connectivity index (χ2n) is 5.90. The summed E-state index contributed by atoms with van der Waals surface area (Å²) in [6.07, 6.45) is 1.88. The predicted molar refractivity (Wildman–Crippen MR) is 104 cm³/mol. The molecule has 0 heterocycles. The Hall–Kier alpha value is -2.80. The van der Waals surface area contributed by atoms with Crippen LogP contribution in [0, 0.1) is 13.8 Å². The molecule has 0 unspecified atom stereocenters. The molecule has 0 aromatic heterocycles. The molecule has 3 aromatic rings. The molecular formula is C22H21N. The first-order valence-corrected chi connectivity index (χ1v) is 7.72. The standard InChI is InChI=1S/C22H21N/c1-6-18-11-12-19(13-14(18)2)23-22-16(4)15(3)20-9-7-8-10-21(20)17(22)5/h6-13,23H,1,3,5H2,2,4H3. The summed E-state index contributed by atoms with van der Waals surface area (Å²) in [5.41, 5.74) is 5.58. The van der Waals surface area contributed by atoms with Crippen LogP contribution in [0.3, 0.4) is 0 Å². The van der Waals surface area contributed by atoms with Gasteiger partial charge in [0, 0.05) is 11.4 Å². The second kappa shape index (κ2) is 5.77. The highest BCUT2D eigenvalue weighted by molar-refractivity contribution is 5.89. The maximum absolute atomic E-state index is 4.30. The molecular weight excluding hydrogens is 278 g/mol. The summed E-state index contributed by atoms with van der Waals surface area (Å²) >= 11 is 0. The van der Waals surface area contributed by atoms with E-state index in [1.807, 2.05) is 18.2 Å². The first-order valence-electron chi connectivity index (χ1n) is 7.72. The Balaban J connectivity index is 2.17. The van der Waals surface area contributed by atoms with Crippen LogP contribution in [-0.4, -0.2) is 0 Å². The maximum atomic E-state index is 4.30. The fourth-order valence-electron chi connectivity index (χ4n) is 3.02. The minimum absolute atomic E-state index is 1.01. The molecule has 0 spiro atoms. The van der Waals surface area contributed by atoms with E-state index in [1.54, 1.807) is 0 Å². The molecule has 0 bridgehead atoms. The highest BCUT2D eigenvalue weighted by atomic mass is 14.9. The van der Waals surface area contributed by atoms with Crippen molar-refractivity contribution in [3.8, 4) is 0 Å². The van der Waals surface area contributed by atoms with E-state index in [4.69, 9.17) is 0 Å². The molecule has 0 aliphatic carbocycles. The van der Waals surface area contributed by atoms with Gasteiger partial charge in [-0.1, -0.05) is 56.1 Å². The van der Waals surface area contributed by atoms with E-state index < -0.39 is 0 Å². The van der Waals surface area contributed by atoms with E-state index in [9.17, 15) is 0 Å². The van der Waals surface area contributed by atoms with E-state index in [0.29, 0.717) is 0 Å². The topological polar surface area (TPSA) is 12.0 Å². The highest BCUT2D eigenvalue weighted by Gasteiger charge is 2.07. The zero-order chi connectivity index (χ0) is 16.6. The van der Waals surface area contributed by atoms with Crippen molar-refractivity contribution in [3.63, 3.8) is 0 Å². The van der Waals surface area contributed by atoms with Gasteiger partial charge in [0.25, 0.3) is 0 Å². The maximum Gasteiger partial charge on any atom is 0.0493 e. The molecule has 0 atom stereocenters.